The first-order valence-electron chi connectivity index (χ1n) is 3.43. The Hall–Kier alpha value is -0.980. The van der Waals surface area contributed by atoms with Crippen molar-refractivity contribution in [3.05, 3.63) is 36.6 Å². The first kappa shape index (κ1) is 9.02. The van der Waals surface area contributed by atoms with E-state index in [9.17, 15) is 0 Å². The van der Waals surface area contributed by atoms with Crippen LogP contribution in [-0.2, 0) is 0 Å². The quantitative estimate of drug-likeness (QED) is 0.359. The molecule has 0 aromatic carbocycles. The van der Waals surface area contributed by atoms with Gasteiger partial charge in [-0.15, -0.1) is 6.58 Å². The van der Waals surface area contributed by atoms with Crippen molar-refractivity contribution in [2.24, 2.45) is 0 Å². The van der Waals surface area contributed by atoms with Gasteiger partial charge in [0.2, 0.25) is 0 Å². The van der Waals surface area contributed by atoms with E-state index in [0.29, 0.717) is 12.2 Å². The Morgan fingerprint density at radius 2 is 2.30 bits per heavy atom. The molecule has 1 heteroatoms. The van der Waals surface area contributed by atoms with Crippen LogP contribution in [0.2, 0.25) is 0 Å². The minimum Gasteiger partial charge on any atom is -0.512 e. The normalized spacial score (nSPS) is 12.3. The molecule has 0 aliphatic heterocycles. The van der Waals surface area contributed by atoms with Gasteiger partial charge in [0.05, 0.1) is 5.76 Å². The van der Waals surface area contributed by atoms with Gasteiger partial charge in [-0.05, 0) is 19.4 Å². The molecule has 0 unspecified atom stereocenters. The molecule has 0 saturated carbocycles. The summed E-state index contributed by atoms with van der Waals surface area (Å²) in [5.74, 6) is 0.415. The van der Waals surface area contributed by atoms with E-state index in [-0.39, 0.29) is 0 Å². The summed E-state index contributed by atoms with van der Waals surface area (Å²) in [7, 11) is 0. The first-order valence-corrected chi connectivity index (χ1v) is 3.43. The summed E-state index contributed by atoms with van der Waals surface area (Å²) in [5.41, 5.74) is 0. The van der Waals surface area contributed by atoms with Crippen LogP contribution in [0, 0.1) is 0 Å². The molecule has 1 nitrogen and oxygen atoms in total. The Labute approximate surface area is 62.4 Å². The van der Waals surface area contributed by atoms with E-state index in [1.54, 1.807) is 12.2 Å². The lowest BCUT2D eigenvalue weighted by molar-refractivity contribution is 0.389. The molecule has 0 aliphatic rings. The zero-order chi connectivity index (χ0) is 7.82. The molecule has 0 aromatic rings. The Bertz CT molecular complexity index is 143. The molecule has 0 amide bonds. The van der Waals surface area contributed by atoms with Crippen LogP contribution in [0.3, 0.4) is 0 Å². The summed E-state index contributed by atoms with van der Waals surface area (Å²) in [5, 5.41) is 9.07. The molecule has 0 rings (SSSR count). The van der Waals surface area contributed by atoms with Crippen molar-refractivity contribution < 1.29 is 5.11 Å². The minimum absolute atomic E-state index is 0.415. The fourth-order valence-corrected chi connectivity index (χ4v) is 0.541. The van der Waals surface area contributed by atoms with Crippen molar-refractivity contribution in [1.29, 1.82) is 0 Å². The van der Waals surface area contributed by atoms with Gasteiger partial charge in [0.1, 0.15) is 0 Å². The molecular weight excluding hydrogens is 124 g/mol. The van der Waals surface area contributed by atoms with Crippen LogP contribution in [-0.4, -0.2) is 5.11 Å². The maximum absolute atomic E-state index is 9.07. The molecule has 0 fully saturated rings. The molecule has 0 heterocycles. The maximum atomic E-state index is 9.07. The third-order valence-corrected chi connectivity index (χ3v) is 1.09. The molecule has 56 valence electrons. The average molecular weight is 138 g/mol. The summed E-state index contributed by atoms with van der Waals surface area (Å²) in [6, 6.07) is 0. The van der Waals surface area contributed by atoms with Crippen molar-refractivity contribution in [2.45, 2.75) is 19.8 Å². The van der Waals surface area contributed by atoms with Gasteiger partial charge in [0.25, 0.3) is 0 Å². The van der Waals surface area contributed by atoms with Gasteiger partial charge in [0.15, 0.2) is 0 Å². The van der Waals surface area contributed by atoms with Crippen LogP contribution in [0.4, 0.5) is 0 Å². The fourth-order valence-electron chi connectivity index (χ4n) is 0.541. The monoisotopic (exact) mass is 138 g/mol. The van der Waals surface area contributed by atoms with E-state index < -0.39 is 0 Å². The maximum Gasteiger partial charge on any atom is 0.0925 e. The van der Waals surface area contributed by atoms with E-state index in [1.165, 1.54) is 0 Å². The van der Waals surface area contributed by atoms with Gasteiger partial charge in [0, 0.05) is 6.42 Å². The Kier molecular flexibility index (Phi) is 5.54. The standard InChI is InChI=1S/C9H14O/c1-3-5-7-9(10)8-6-4-2/h3-4,6,8,10H,1,5,7H2,2H3/b6-4-,9-8+. The van der Waals surface area contributed by atoms with Crippen molar-refractivity contribution in [1.82, 2.24) is 0 Å². The van der Waals surface area contributed by atoms with Crippen molar-refractivity contribution in [2.75, 3.05) is 0 Å². The zero-order valence-electron chi connectivity index (χ0n) is 6.38. The molecule has 0 bridgehead atoms. The van der Waals surface area contributed by atoms with Crippen LogP contribution in [0.1, 0.15) is 19.8 Å². The van der Waals surface area contributed by atoms with E-state index in [1.807, 2.05) is 19.1 Å². The van der Waals surface area contributed by atoms with Crippen LogP contribution >= 0.6 is 0 Å². The number of rotatable bonds is 4. The van der Waals surface area contributed by atoms with Gasteiger partial charge < -0.3 is 5.11 Å². The van der Waals surface area contributed by atoms with E-state index in [4.69, 9.17) is 5.11 Å². The second-order valence-corrected chi connectivity index (χ2v) is 2.01. The lowest BCUT2D eigenvalue weighted by Gasteiger charge is -1.92. The van der Waals surface area contributed by atoms with Gasteiger partial charge in [-0.1, -0.05) is 18.2 Å². The summed E-state index contributed by atoms with van der Waals surface area (Å²) < 4.78 is 0. The number of hydrogen-bond acceptors (Lipinski definition) is 1. The second kappa shape index (κ2) is 6.14. The number of aliphatic hydroxyl groups is 1. The van der Waals surface area contributed by atoms with Crippen LogP contribution in [0.25, 0.3) is 0 Å². The highest BCUT2D eigenvalue weighted by molar-refractivity contribution is 5.06. The smallest absolute Gasteiger partial charge is 0.0925 e. The lowest BCUT2D eigenvalue weighted by Crippen LogP contribution is -1.77. The molecule has 0 aromatic heterocycles. The van der Waals surface area contributed by atoms with Gasteiger partial charge in [-0.2, -0.15) is 0 Å². The van der Waals surface area contributed by atoms with Gasteiger partial charge >= 0.3 is 0 Å². The lowest BCUT2D eigenvalue weighted by atomic mass is 10.2. The number of allylic oxidation sites excluding steroid dienone is 5. The minimum atomic E-state index is 0.415. The van der Waals surface area contributed by atoms with Crippen LogP contribution in [0.15, 0.2) is 36.6 Å². The van der Waals surface area contributed by atoms with Gasteiger partial charge in [-0.3, -0.25) is 0 Å². The van der Waals surface area contributed by atoms with Crippen LogP contribution < -0.4 is 0 Å². The molecule has 0 aliphatic carbocycles. The molecule has 0 radical (unpaired) electrons. The summed E-state index contributed by atoms with van der Waals surface area (Å²) in [4.78, 5) is 0. The predicted octanol–water partition coefficient (Wildman–Crippen LogP) is 2.97. The SMILES string of the molecule is C=CCC/C(O)=C\C=C/C. The topological polar surface area (TPSA) is 20.2 Å². The number of aliphatic hydroxyl groups excluding tert-OH is 1. The second-order valence-electron chi connectivity index (χ2n) is 2.01. The molecule has 0 atom stereocenters. The van der Waals surface area contributed by atoms with Crippen molar-refractivity contribution in [3.63, 3.8) is 0 Å². The van der Waals surface area contributed by atoms with E-state index in [2.05, 4.69) is 6.58 Å². The van der Waals surface area contributed by atoms with E-state index >= 15 is 0 Å². The Balaban J connectivity index is 3.59. The highest BCUT2D eigenvalue weighted by Crippen LogP contribution is 2.00. The molecule has 0 saturated heterocycles. The summed E-state index contributed by atoms with van der Waals surface area (Å²) >= 11 is 0. The highest BCUT2D eigenvalue weighted by Gasteiger charge is 1.86. The van der Waals surface area contributed by atoms with Crippen molar-refractivity contribution in [3.8, 4) is 0 Å². The largest absolute Gasteiger partial charge is 0.512 e. The molecule has 1 N–H and O–H groups in total. The summed E-state index contributed by atoms with van der Waals surface area (Å²) in [6.07, 6.45) is 8.71. The summed E-state index contributed by atoms with van der Waals surface area (Å²) in [6.45, 7) is 5.47. The Morgan fingerprint density at radius 1 is 1.60 bits per heavy atom. The first-order chi connectivity index (χ1) is 4.81. The third-order valence-electron chi connectivity index (χ3n) is 1.09. The number of hydrogen-bond donors (Lipinski definition) is 1. The molecule has 10 heavy (non-hydrogen) atoms. The molecular formula is C9H14O. The predicted molar refractivity (Wildman–Crippen MR) is 45.0 cm³/mol. The third kappa shape index (κ3) is 5.16. The van der Waals surface area contributed by atoms with E-state index in [0.717, 1.165) is 6.42 Å². The zero-order valence-corrected chi connectivity index (χ0v) is 6.38. The molecule has 0 spiro atoms. The van der Waals surface area contributed by atoms with Crippen molar-refractivity contribution >= 4 is 0 Å². The van der Waals surface area contributed by atoms with Crippen LogP contribution in [0.5, 0.6) is 0 Å². The van der Waals surface area contributed by atoms with Gasteiger partial charge in [-0.25, -0.2) is 0 Å². The fraction of sp³-hybridized carbons (Fsp3) is 0.333. The average Bonchev–Trinajstić information content (AvgIpc) is 1.97. The Morgan fingerprint density at radius 3 is 2.80 bits per heavy atom. The highest BCUT2D eigenvalue weighted by atomic mass is 16.3.